The number of sulfone groups is 1. The molecule has 0 aliphatic heterocycles. The third kappa shape index (κ3) is 3.93. The van der Waals surface area contributed by atoms with Crippen molar-refractivity contribution in [2.24, 2.45) is 0 Å². The Kier molecular flexibility index (Phi) is 4.91. The quantitative estimate of drug-likeness (QED) is 0.416. The second kappa shape index (κ2) is 7.37. The summed E-state index contributed by atoms with van der Waals surface area (Å²) in [5.74, 6) is 0.998. The molecule has 0 saturated carbocycles. The molecular formula is C20H15BrN2O4S. The molecule has 0 atom stereocenters. The van der Waals surface area contributed by atoms with E-state index >= 15 is 0 Å². The van der Waals surface area contributed by atoms with Gasteiger partial charge >= 0.3 is 0 Å². The van der Waals surface area contributed by atoms with Gasteiger partial charge in [-0.1, -0.05) is 38.8 Å². The highest BCUT2D eigenvalue weighted by atomic mass is 79.9. The number of rotatable bonds is 5. The second-order valence-corrected chi connectivity index (χ2v) is 9.17. The zero-order valence-electron chi connectivity index (χ0n) is 14.8. The van der Waals surface area contributed by atoms with Crippen molar-refractivity contribution < 1.29 is 17.4 Å². The molecule has 0 amide bonds. The molecule has 0 unspecified atom stereocenters. The summed E-state index contributed by atoms with van der Waals surface area (Å²) in [4.78, 5) is 4.58. The van der Waals surface area contributed by atoms with Crippen molar-refractivity contribution in [1.29, 1.82) is 0 Å². The van der Waals surface area contributed by atoms with Gasteiger partial charge in [-0.05, 0) is 55.5 Å². The molecule has 0 N–H and O–H groups in total. The molecule has 2 aromatic heterocycles. The molecule has 0 radical (unpaired) electrons. The maximum Gasteiger partial charge on any atom is 0.293 e. The lowest BCUT2D eigenvalue weighted by molar-refractivity contribution is 0.413. The van der Waals surface area contributed by atoms with Crippen molar-refractivity contribution in [1.82, 2.24) is 10.1 Å². The lowest BCUT2D eigenvalue weighted by Gasteiger charge is -2.02. The maximum absolute atomic E-state index is 12.6. The zero-order chi connectivity index (χ0) is 19.7. The Balaban J connectivity index is 1.55. The highest BCUT2D eigenvalue weighted by molar-refractivity contribution is 9.10. The number of hydrogen-bond donors (Lipinski definition) is 0. The molecule has 28 heavy (non-hydrogen) atoms. The Morgan fingerprint density at radius 1 is 0.964 bits per heavy atom. The first-order valence-electron chi connectivity index (χ1n) is 8.39. The van der Waals surface area contributed by atoms with Crippen LogP contribution in [-0.4, -0.2) is 18.6 Å². The molecule has 0 aliphatic carbocycles. The van der Waals surface area contributed by atoms with Crippen LogP contribution in [0.3, 0.4) is 0 Å². The lowest BCUT2D eigenvalue weighted by atomic mass is 10.2. The largest absolute Gasteiger partial charge is 0.455 e. The van der Waals surface area contributed by atoms with Gasteiger partial charge in [0.05, 0.1) is 4.90 Å². The van der Waals surface area contributed by atoms with Crippen molar-refractivity contribution in [2.75, 3.05) is 0 Å². The molecule has 2 aromatic carbocycles. The molecule has 0 saturated heterocycles. The summed E-state index contributed by atoms with van der Waals surface area (Å²) in [6.45, 7) is 1.90. The van der Waals surface area contributed by atoms with Gasteiger partial charge in [0.15, 0.2) is 15.6 Å². The SMILES string of the molecule is Cc1ccc(S(=O)(=O)Cc2ccc(-c3nc(-c4ccc(Br)cc4)no3)o2)cc1. The van der Waals surface area contributed by atoms with E-state index in [1.54, 1.807) is 36.4 Å². The number of aromatic nitrogens is 2. The molecule has 142 valence electrons. The van der Waals surface area contributed by atoms with E-state index in [9.17, 15) is 8.42 Å². The molecule has 0 fully saturated rings. The Labute approximate surface area is 170 Å². The Bertz CT molecular complexity index is 1210. The van der Waals surface area contributed by atoms with Gasteiger partial charge in [-0.15, -0.1) is 0 Å². The summed E-state index contributed by atoms with van der Waals surface area (Å²) < 4.78 is 37.0. The zero-order valence-corrected chi connectivity index (χ0v) is 17.2. The summed E-state index contributed by atoms with van der Waals surface area (Å²) in [6.07, 6.45) is 0. The lowest BCUT2D eigenvalue weighted by Crippen LogP contribution is -2.04. The van der Waals surface area contributed by atoms with Crippen molar-refractivity contribution >= 4 is 25.8 Å². The van der Waals surface area contributed by atoms with Crippen molar-refractivity contribution in [2.45, 2.75) is 17.6 Å². The molecule has 4 rings (SSSR count). The van der Waals surface area contributed by atoms with Gasteiger partial charge in [0.25, 0.3) is 5.89 Å². The molecule has 0 bridgehead atoms. The average molecular weight is 459 g/mol. The van der Waals surface area contributed by atoms with Crippen molar-refractivity contribution in [3.05, 3.63) is 76.5 Å². The molecule has 8 heteroatoms. The third-order valence-corrected chi connectivity index (χ3v) is 6.30. The normalized spacial score (nSPS) is 11.6. The van der Waals surface area contributed by atoms with Crippen LogP contribution < -0.4 is 0 Å². The number of aryl methyl sites for hydroxylation is 1. The number of nitrogens with zero attached hydrogens (tertiary/aromatic N) is 2. The second-order valence-electron chi connectivity index (χ2n) is 6.27. The van der Waals surface area contributed by atoms with Gasteiger partial charge in [0.1, 0.15) is 11.5 Å². The monoisotopic (exact) mass is 458 g/mol. The smallest absolute Gasteiger partial charge is 0.293 e. The molecular weight excluding hydrogens is 444 g/mol. The fourth-order valence-electron chi connectivity index (χ4n) is 2.63. The fourth-order valence-corrected chi connectivity index (χ4v) is 4.14. The molecule has 0 spiro atoms. The Morgan fingerprint density at radius 2 is 1.68 bits per heavy atom. The molecule has 4 aromatic rings. The van der Waals surface area contributed by atoms with Crippen molar-refractivity contribution in [3.63, 3.8) is 0 Å². The molecule has 2 heterocycles. The van der Waals surface area contributed by atoms with E-state index in [2.05, 4.69) is 26.1 Å². The van der Waals surface area contributed by atoms with Crippen LogP contribution in [0.15, 0.2) is 79.0 Å². The number of halogens is 1. The van der Waals surface area contributed by atoms with Crippen LogP contribution in [-0.2, 0) is 15.6 Å². The highest BCUT2D eigenvalue weighted by Gasteiger charge is 2.20. The summed E-state index contributed by atoms with van der Waals surface area (Å²) >= 11 is 3.38. The summed E-state index contributed by atoms with van der Waals surface area (Å²) in [7, 11) is -3.51. The first-order valence-corrected chi connectivity index (χ1v) is 10.8. The summed E-state index contributed by atoms with van der Waals surface area (Å²) in [5.41, 5.74) is 1.80. The number of benzene rings is 2. The van der Waals surface area contributed by atoms with E-state index < -0.39 is 9.84 Å². The first-order chi connectivity index (χ1) is 13.4. The Morgan fingerprint density at radius 3 is 2.39 bits per heavy atom. The van der Waals surface area contributed by atoms with Gasteiger partial charge in [-0.3, -0.25) is 0 Å². The van der Waals surface area contributed by atoms with Gasteiger partial charge in [-0.2, -0.15) is 4.98 Å². The van der Waals surface area contributed by atoms with Crippen LogP contribution >= 0.6 is 15.9 Å². The Hall–Kier alpha value is -2.71. The van der Waals surface area contributed by atoms with Crippen LogP contribution in [0, 0.1) is 6.92 Å². The van der Waals surface area contributed by atoms with E-state index in [-0.39, 0.29) is 16.5 Å². The predicted molar refractivity (Wildman–Crippen MR) is 107 cm³/mol. The van der Waals surface area contributed by atoms with Crippen LogP contribution in [0.5, 0.6) is 0 Å². The number of furan rings is 1. The van der Waals surface area contributed by atoms with Crippen LogP contribution in [0.1, 0.15) is 11.3 Å². The van der Waals surface area contributed by atoms with E-state index in [0.29, 0.717) is 17.3 Å². The van der Waals surface area contributed by atoms with Crippen LogP contribution in [0.4, 0.5) is 0 Å². The topological polar surface area (TPSA) is 86.2 Å². The minimum atomic E-state index is -3.51. The van der Waals surface area contributed by atoms with Gasteiger partial charge in [-0.25, -0.2) is 8.42 Å². The predicted octanol–water partition coefficient (Wildman–Crippen LogP) is 5.04. The van der Waals surface area contributed by atoms with Crippen LogP contribution in [0.2, 0.25) is 0 Å². The van der Waals surface area contributed by atoms with Gasteiger partial charge in [0.2, 0.25) is 5.82 Å². The van der Waals surface area contributed by atoms with E-state index in [0.717, 1.165) is 15.6 Å². The van der Waals surface area contributed by atoms with E-state index in [1.165, 1.54) is 0 Å². The maximum atomic E-state index is 12.6. The van der Waals surface area contributed by atoms with Crippen molar-refractivity contribution in [3.8, 4) is 23.0 Å². The standard InChI is InChI=1S/C20H15BrN2O4S/c1-13-2-9-17(10-3-13)28(24,25)12-16-8-11-18(26-16)20-22-19(23-27-20)14-4-6-15(21)7-5-14/h2-11H,12H2,1H3. The van der Waals surface area contributed by atoms with Gasteiger partial charge in [0, 0.05) is 10.0 Å². The first kappa shape index (κ1) is 18.6. The molecule has 6 nitrogen and oxygen atoms in total. The van der Waals surface area contributed by atoms with Gasteiger partial charge < -0.3 is 8.94 Å². The third-order valence-electron chi connectivity index (χ3n) is 4.11. The fraction of sp³-hybridized carbons (Fsp3) is 0.100. The van der Waals surface area contributed by atoms with E-state index in [4.69, 9.17) is 8.94 Å². The summed E-state index contributed by atoms with van der Waals surface area (Å²) in [5, 5.41) is 3.95. The highest BCUT2D eigenvalue weighted by Crippen LogP contribution is 2.26. The minimum absolute atomic E-state index is 0.192. The number of hydrogen-bond acceptors (Lipinski definition) is 6. The van der Waals surface area contributed by atoms with E-state index in [1.807, 2.05) is 31.2 Å². The minimum Gasteiger partial charge on any atom is -0.455 e. The van der Waals surface area contributed by atoms with Crippen LogP contribution in [0.25, 0.3) is 23.0 Å². The molecule has 0 aliphatic rings. The summed E-state index contributed by atoms with van der Waals surface area (Å²) in [6, 6.07) is 17.4. The average Bonchev–Trinajstić information content (AvgIpc) is 3.32.